The van der Waals surface area contributed by atoms with Crippen LogP contribution in [0.4, 0.5) is 5.69 Å². The monoisotopic (exact) mass is 416 g/mol. The van der Waals surface area contributed by atoms with Crippen LogP contribution in [0.2, 0.25) is 5.02 Å². The van der Waals surface area contributed by atoms with E-state index in [1.165, 1.54) is 4.90 Å². The number of carbonyl (C=O) groups excluding carboxylic acids is 3. The second-order valence-electron chi connectivity index (χ2n) is 6.62. The molecular formula is C21H21ClN2O5. The highest BCUT2D eigenvalue weighted by Crippen LogP contribution is 2.28. The summed E-state index contributed by atoms with van der Waals surface area (Å²) in [5.74, 6) is -1.14. The number of rotatable bonds is 7. The van der Waals surface area contributed by atoms with Gasteiger partial charge < -0.3 is 19.7 Å². The molecule has 1 unspecified atom stereocenters. The molecule has 29 heavy (non-hydrogen) atoms. The topological polar surface area (TPSA) is 84.9 Å². The van der Waals surface area contributed by atoms with E-state index in [0.29, 0.717) is 23.0 Å². The van der Waals surface area contributed by atoms with Crippen LogP contribution >= 0.6 is 11.6 Å². The largest absolute Gasteiger partial charge is 0.497 e. The van der Waals surface area contributed by atoms with Crippen molar-refractivity contribution in [2.24, 2.45) is 5.92 Å². The molecule has 1 heterocycles. The highest BCUT2D eigenvalue weighted by atomic mass is 35.5. The number of hydrogen-bond donors (Lipinski definition) is 1. The Labute approximate surface area is 173 Å². The van der Waals surface area contributed by atoms with Gasteiger partial charge in [-0.3, -0.25) is 14.4 Å². The lowest BCUT2D eigenvalue weighted by Gasteiger charge is -2.17. The van der Waals surface area contributed by atoms with Crippen LogP contribution in [0.5, 0.6) is 5.75 Å². The molecule has 1 atom stereocenters. The Morgan fingerprint density at radius 2 is 1.97 bits per heavy atom. The van der Waals surface area contributed by atoms with Gasteiger partial charge in [0.1, 0.15) is 5.75 Å². The first-order chi connectivity index (χ1) is 14.0. The number of halogens is 1. The number of hydrogen-bond acceptors (Lipinski definition) is 5. The number of amides is 2. The molecule has 2 aromatic rings. The molecule has 0 aromatic heterocycles. The third-order valence-electron chi connectivity index (χ3n) is 4.57. The maximum absolute atomic E-state index is 12.3. The van der Waals surface area contributed by atoms with Gasteiger partial charge in [0.05, 0.1) is 13.0 Å². The van der Waals surface area contributed by atoms with Crippen molar-refractivity contribution in [2.45, 2.75) is 13.0 Å². The van der Waals surface area contributed by atoms with Crippen molar-refractivity contribution in [3.63, 3.8) is 0 Å². The molecule has 2 amide bonds. The van der Waals surface area contributed by atoms with Crippen LogP contribution in [0.1, 0.15) is 12.0 Å². The number of carbonyl (C=O) groups is 3. The zero-order valence-electron chi connectivity index (χ0n) is 15.9. The van der Waals surface area contributed by atoms with Crippen LogP contribution < -0.4 is 15.0 Å². The standard InChI is InChI=1S/C21H21ClN2O5/c1-28-18-4-2-3-17(10-18)24-12-15(9-20(24)26)21(27)29-13-19(25)23-11-14-5-7-16(22)8-6-14/h2-8,10,15H,9,11-13H2,1H3,(H,23,25). The van der Waals surface area contributed by atoms with Gasteiger partial charge in [0.2, 0.25) is 5.91 Å². The molecule has 0 spiro atoms. The summed E-state index contributed by atoms with van der Waals surface area (Å²) in [5.41, 5.74) is 1.54. The highest BCUT2D eigenvalue weighted by molar-refractivity contribution is 6.30. The molecule has 152 valence electrons. The van der Waals surface area contributed by atoms with Gasteiger partial charge in [0.15, 0.2) is 6.61 Å². The van der Waals surface area contributed by atoms with Crippen LogP contribution in [-0.4, -0.2) is 38.0 Å². The Balaban J connectivity index is 1.47. The maximum atomic E-state index is 12.3. The highest BCUT2D eigenvalue weighted by Gasteiger charge is 2.36. The summed E-state index contributed by atoms with van der Waals surface area (Å²) in [7, 11) is 1.54. The zero-order chi connectivity index (χ0) is 20.8. The quantitative estimate of drug-likeness (QED) is 0.701. The summed E-state index contributed by atoms with van der Waals surface area (Å²) in [6.07, 6.45) is 0.0441. The number of benzene rings is 2. The van der Waals surface area contributed by atoms with Crippen molar-refractivity contribution in [1.82, 2.24) is 5.32 Å². The van der Waals surface area contributed by atoms with Gasteiger partial charge in [-0.15, -0.1) is 0 Å². The third kappa shape index (κ3) is 5.48. The summed E-state index contributed by atoms with van der Waals surface area (Å²) in [6, 6.07) is 14.1. The predicted molar refractivity (Wildman–Crippen MR) is 108 cm³/mol. The first kappa shape index (κ1) is 20.7. The number of methoxy groups -OCH3 is 1. The van der Waals surface area contributed by atoms with Crippen LogP contribution in [0.15, 0.2) is 48.5 Å². The minimum absolute atomic E-state index is 0.0441. The smallest absolute Gasteiger partial charge is 0.311 e. The summed E-state index contributed by atoms with van der Waals surface area (Å²) < 4.78 is 10.3. The Bertz CT molecular complexity index is 900. The van der Waals surface area contributed by atoms with Gasteiger partial charge in [-0.1, -0.05) is 29.8 Å². The van der Waals surface area contributed by atoms with Gasteiger partial charge in [0, 0.05) is 36.3 Å². The average Bonchev–Trinajstić information content (AvgIpc) is 3.13. The predicted octanol–water partition coefficient (Wildman–Crippen LogP) is 2.56. The van der Waals surface area contributed by atoms with Crippen LogP contribution in [0.3, 0.4) is 0 Å². The normalized spacial score (nSPS) is 15.9. The van der Waals surface area contributed by atoms with Crippen LogP contribution in [0, 0.1) is 5.92 Å². The number of nitrogens with zero attached hydrogens (tertiary/aromatic N) is 1. The fraction of sp³-hybridized carbons (Fsp3) is 0.286. The molecule has 3 rings (SSSR count). The molecule has 1 aliphatic rings. The molecule has 1 aliphatic heterocycles. The lowest BCUT2D eigenvalue weighted by atomic mass is 10.1. The van der Waals surface area contributed by atoms with E-state index in [-0.39, 0.29) is 18.9 Å². The zero-order valence-corrected chi connectivity index (χ0v) is 16.6. The number of esters is 1. The summed E-state index contributed by atoms with van der Waals surface area (Å²) in [4.78, 5) is 38.0. The lowest BCUT2D eigenvalue weighted by molar-refractivity contribution is -0.152. The van der Waals surface area contributed by atoms with Crippen LogP contribution in [0.25, 0.3) is 0 Å². The van der Waals surface area contributed by atoms with Crippen molar-refractivity contribution in [3.8, 4) is 5.75 Å². The van der Waals surface area contributed by atoms with Crippen molar-refractivity contribution in [2.75, 3.05) is 25.2 Å². The number of anilines is 1. The van der Waals surface area contributed by atoms with E-state index in [9.17, 15) is 14.4 Å². The molecule has 2 aromatic carbocycles. The molecule has 1 N–H and O–H groups in total. The van der Waals surface area contributed by atoms with E-state index >= 15 is 0 Å². The third-order valence-corrected chi connectivity index (χ3v) is 4.82. The first-order valence-corrected chi connectivity index (χ1v) is 9.46. The van der Waals surface area contributed by atoms with Crippen molar-refractivity contribution in [3.05, 3.63) is 59.1 Å². The van der Waals surface area contributed by atoms with Crippen molar-refractivity contribution in [1.29, 1.82) is 0 Å². The minimum atomic E-state index is -0.613. The first-order valence-electron chi connectivity index (χ1n) is 9.08. The SMILES string of the molecule is COc1cccc(N2CC(C(=O)OCC(=O)NCc3ccc(Cl)cc3)CC2=O)c1. The van der Waals surface area contributed by atoms with Gasteiger partial charge in [-0.25, -0.2) is 0 Å². The summed E-state index contributed by atoms with van der Waals surface area (Å²) in [5, 5.41) is 3.28. The van der Waals surface area contributed by atoms with Gasteiger partial charge >= 0.3 is 5.97 Å². The lowest BCUT2D eigenvalue weighted by Crippen LogP contribution is -2.31. The van der Waals surface area contributed by atoms with E-state index in [1.54, 1.807) is 55.6 Å². The molecule has 8 heteroatoms. The minimum Gasteiger partial charge on any atom is -0.497 e. The van der Waals surface area contributed by atoms with E-state index in [1.807, 2.05) is 0 Å². The molecule has 0 aliphatic carbocycles. The Hall–Kier alpha value is -3.06. The molecule has 0 radical (unpaired) electrons. The molecule has 0 saturated carbocycles. The Morgan fingerprint density at radius 3 is 2.69 bits per heavy atom. The fourth-order valence-corrected chi connectivity index (χ4v) is 3.13. The van der Waals surface area contributed by atoms with Crippen LogP contribution in [-0.2, 0) is 25.7 Å². The molecule has 0 bridgehead atoms. The summed E-state index contributed by atoms with van der Waals surface area (Å²) in [6.45, 7) is 0.118. The Kier molecular flexibility index (Phi) is 6.72. The molecular weight excluding hydrogens is 396 g/mol. The molecule has 1 saturated heterocycles. The van der Waals surface area contributed by atoms with Crippen molar-refractivity contribution < 1.29 is 23.9 Å². The van der Waals surface area contributed by atoms with E-state index in [4.69, 9.17) is 21.1 Å². The van der Waals surface area contributed by atoms with Gasteiger partial charge in [0.25, 0.3) is 5.91 Å². The second-order valence-corrected chi connectivity index (χ2v) is 7.05. The molecule has 7 nitrogen and oxygen atoms in total. The van der Waals surface area contributed by atoms with E-state index in [0.717, 1.165) is 5.56 Å². The second kappa shape index (κ2) is 9.43. The summed E-state index contributed by atoms with van der Waals surface area (Å²) >= 11 is 5.82. The Morgan fingerprint density at radius 1 is 1.21 bits per heavy atom. The van der Waals surface area contributed by atoms with E-state index in [2.05, 4.69) is 5.32 Å². The van der Waals surface area contributed by atoms with E-state index < -0.39 is 24.4 Å². The number of ether oxygens (including phenoxy) is 2. The van der Waals surface area contributed by atoms with Gasteiger partial charge in [-0.2, -0.15) is 0 Å². The fourth-order valence-electron chi connectivity index (χ4n) is 3.00. The average molecular weight is 417 g/mol. The number of nitrogens with one attached hydrogen (secondary N) is 1. The molecule has 1 fully saturated rings. The van der Waals surface area contributed by atoms with Gasteiger partial charge in [-0.05, 0) is 29.8 Å². The maximum Gasteiger partial charge on any atom is 0.311 e. The van der Waals surface area contributed by atoms with Crippen molar-refractivity contribution >= 4 is 35.1 Å².